The molecule has 4 nitrogen and oxygen atoms in total. The lowest BCUT2D eigenvalue weighted by molar-refractivity contribution is 0.0604. The monoisotopic (exact) mass is 407 g/mol. The van der Waals surface area contributed by atoms with Gasteiger partial charge in [-0.2, -0.15) is 4.99 Å². The van der Waals surface area contributed by atoms with Crippen LogP contribution < -0.4 is 0 Å². The van der Waals surface area contributed by atoms with E-state index in [1.165, 1.54) is 0 Å². The van der Waals surface area contributed by atoms with Gasteiger partial charge in [0.25, 0.3) is 0 Å². The van der Waals surface area contributed by atoms with Gasteiger partial charge in [0.05, 0.1) is 11.2 Å². The van der Waals surface area contributed by atoms with Crippen LogP contribution in [-0.2, 0) is 14.6 Å². The first-order valence-corrected chi connectivity index (χ1v) is 13.1. The fourth-order valence-electron chi connectivity index (χ4n) is 3.12. The van der Waals surface area contributed by atoms with Gasteiger partial charge in [-0.05, 0) is 77.4 Å². The Morgan fingerprint density at radius 2 is 1.93 bits per heavy atom. The van der Waals surface area contributed by atoms with E-state index in [1.807, 2.05) is 45.0 Å². The smallest absolute Gasteiger partial charge is 0.433 e. The summed E-state index contributed by atoms with van der Waals surface area (Å²) in [5, 5.41) is 0.639. The van der Waals surface area contributed by atoms with E-state index in [2.05, 4.69) is 30.7 Å². The number of hydrogen-bond acceptors (Lipinski definition) is 3. The first-order valence-electron chi connectivity index (χ1n) is 9.36. The van der Waals surface area contributed by atoms with Crippen molar-refractivity contribution in [1.29, 1.82) is 0 Å². The molecule has 0 heterocycles. The summed E-state index contributed by atoms with van der Waals surface area (Å²) in [5.41, 5.74) is -0.344. The maximum atomic E-state index is 12.2. The molecule has 6 heteroatoms. The van der Waals surface area contributed by atoms with Gasteiger partial charge in [0.15, 0.2) is 0 Å². The third kappa shape index (κ3) is 5.94. The maximum Gasteiger partial charge on any atom is 0.433 e. The second-order valence-corrected chi connectivity index (χ2v) is 13.7. The van der Waals surface area contributed by atoms with Crippen molar-refractivity contribution >= 4 is 32.2 Å². The second-order valence-electron chi connectivity index (χ2n) is 8.86. The average molecular weight is 408 g/mol. The van der Waals surface area contributed by atoms with Crippen molar-refractivity contribution in [2.75, 3.05) is 0 Å². The van der Waals surface area contributed by atoms with Crippen molar-refractivity contribution in [3.63, 3.8) is 0 Å². The van der Waals surface area contributed by atoms with E-state index in [4.69, 9.17) is 20.8 Å². The number of carbonyl (C=O) groups is 1. The van der Waals surface area contributed by atoms with Gasteiger partial charge in [-0.3, -0.25) is 0 Å². The highest BCUT2D eigenvalue weighted by atomic mass is 35.5. The van der Waals surface area contributed by atoms with E-state index in [0.29, 0.717) is 5.02 Å². The number of hydrogen-bond donors (Lipinski definition) is 0. The molecule has 1 atom stereocenters. The third-order valence-corrected chi connectivity index (χ3v) is 5.26. The highest BCUT2D eigenvalue weighted by Crippen LogP contribution is 2.43. The molecule has 148 valence electrons. The predicted molar refractivity (Wildman–Crippen MR) is 114 cm³/mol. The molecular weight excluding hydrogens is 378 g/mol. The number of allylic oxidation sites excluding steroid dienone is 2. The van der Waals surface area contributed by atoms with Gasteiger partial charge in [-0.15, -0.1) is 0 Å². The van der Waals surface area contributed by atoms with Crippen LogP contribution in [0.2, 0.25) is 24.7 Å². The summed E-state index contributed by atoms with van der Waals surface area (Å²) >= 11 is 6.56. The summed E-state index contributed by atoms with van der Waals surface area (Å²) in [5.74, 6) is 0.841. The zero-order valence-corrected chi connectivity index (χ0v) is 18.9. The molecule has 1 aliphatic carbocycles. The molecule has 1 aromatic rings. The number of carbonyl (C=O) groups excluding carboxylic acids is 1. The van der Waals surface area contributed by atoms with E-state index in [1.54, 1.807) is 6.21 Å². The lowest BCUT2D eigenvalue weighted by Gasteiger charge is -2.39. The number of nitrogens with zero attached hydrogens (tertiary/aromatic N) is 1. The molecule has 0 bridgehead atoms. The number of ether oxygens (including phenoxy) is 1. The zero-order valence-electron chi connectivity index (χ0n) is 17.1. The largest absolute Gasteiger partial charge is 0.546 e. The summed E-state index contributed by atoms with van der Waals surface area (Å²) in [6, 6.07) is 7.69. The normalized spacial score (nSPS) is 21.1. The predicted octanol–water partition coefficient (Wildman–Crippen LogP) is 6.50. The molecule has 0 aromatic heterocycles. The van der Waals surface area contributed by atoms with E-state index < -0.39 is 25.4 Å². The highest BCUT2D eigenvalue weighted by molar-refractivity contribution is 6.70. The molecule has 1 amide bonds. The Bertz CT molecular complexity index is 747. The molecule has 0 aliphatic heterocycles. The first-order chi connectivity index (χ1) is 12.4. The molecule has 27 heavy (non-hydrogen) atoms. The van der Waals surface area contributed by atoms with Crippen LogP contribution in [-0.4, -0.2) is 26.2 Å². The number of benzene rings is 1. The molecule has 0 saturated heterocycles. The molecule has 0 N–H and O–H groups in total. The average Bonchev–Trinajstić information content (AvgIpc) is 2.52. The van der Waals surface area contributed by atoms with Crippen molar-refractivity contribution in [2.45, 2.75) is 70.7 Å². The summed E-state index contributed by atoms with van der Waals surface area (Å²) in [7, 11) is -1.87. The van der Waals surface area contributed by atoms with Crippen molar-refractivity contribution in [2.24, 2.45) is 4.99 Å². The van der Waals surface area contributed by atoms with Crippen molar-refractivity contribution < 1.29 is 14.0 Å². The number of halogens is 1. The Morgan fingerprint density at radius 1 is 1.26 bits per heavy atom. The lowest BCUT2D eigenvalue weighted by atomic mass is 9.72. The number of aliphatic imine (C=N–C) groups is 1. The van der Waals surface area contributed by atoms with Gasteiger partial charge in [0, 0.05) is 11.2 Å². The van der Waals surface area contributed by atoms with Gasteiger partial charge >= 0.3 is 6.09 Å². The summed E-state index contributed by atoms with van der Waals surface area (Å²) in [6.45, 7) is 11.9. The Labute approximate surface area is 168 Å². The molecule has 2 rings (SSSR count). The Balaban J connectivity index is 2.52. The Hall–Kier alpha value is -1.59. The van der Waals surface area contributed by atoms with Crippen LogP contribution in [0.4, 0.5) is 4.79 Å². The molecule has 1 aromatic carbocycles. The van der Waals surface area contributed by atoms with Crippen molar-refractivity contribution in [3.05, 3.63) is 46.7 Å². The molecular formula is C21H30ClNO3Si. The highest BCUT2D eigenvalue weighted by Gasteiger charge is 2.41. The first kappa shape index (κ1) is 21.7. The van der Waals surface area contributed by atoms with Gasteiger partial charge < -0.3 is 9.16 Å². The van der Waals surface area contributed by atoms with Gasteiger partial charge in [0.1, 0.15) is 5.60 Å². The van der Waals surface area contributed by atoms with E-state index in [9.17, 15) is 4.79 Å². The third-order valence-electron chi connectivity index (χ3n) is 4.10. The fraction of sp³-hybridized carbons (Fsp3) is 0.524. The van der Waals surface area contributed by atoms with Crippen LogP contribution in [0.25, 0.3) is 0 Å². The molecule has 0 fully saturated rings. The van der Waals surface area contributed by atoms with Crippen LogP contribution in [0.15, 0.2) is 41.1 Å². The minimum Gasteiger partial charge on any atom is -0.546 e. The van der Waals surface area contributed by atoms with E-state index in [-0.39, 0.29) is 0 Å². The lowest BCUT2D eigenvalue weighted by Crippen LogP contribution is -2.39. The fourth-order valence-corrected chi connectivity index (χ4v) is 4.35. The second kappa shape index (κ2) is 8.19. The van der Waals surface area contributed by atoms with Crippen LogP contribution in [0.3, 0.4) is 0 Å². The molecule has 0 spiro atoms. The van der Waals surface area contributed by atoms with Crippen molar-refractivity contribution in [3.8, 4) is 0 Å². The number of rotatable bonds is 4. The molecule has 0 radical (unpaired) electrons. The standard InChI is InChI=1S/C21H30ClNO3Si/c1-20(2,3)25-19(24)23-15-21(16-11-7-8-12-17(16)22)14-10-9-13-18(21)26-27(4,5)6/h7-8,11-13,15H,9-10,14H2,1-6H3/b23-15+/t21-/m1/s1. The quantitative estimate of drug-likeness (QED) is 0.422. The SMILES string of the molecule is CC(C)(C)OC(=O)/N=C/[C@@]1(c2ccccc2Cl)CCCC=C1O[Si](C)(C)C. The van der Waals surface area contributed by atoms with E-state index >= 15 is 0 Å². The van der Waals surface area contributed by atoms with Crippen molar-refractivity contribution in [1.82, 2.24) is 0 Å². The minimum absolute atomic E-state index is 0.591. The van der Waals surface area contributed by atoms with Crippen LogP contribution in [0, 0.1) is 0 Å². The van der Waals surface area contributed by atoms with Gasteiger partial charge in [-0.25, -0.2) is 4.79 Å². The summed E-state index contributed by atoms with van der Waals surface area (Å²) in [6.07, 6.45) is 5.86. The zero-order chi connectivity index (χ0) is 20.3. The molecule has 1 aliphatic rings. The molecule has 0 unspecified atom stereocenters. The van der Waals surface area contributed by atoms with E-state index in [0.717, 1.165) is 30.6 Å². The molecule has 0 saturated carbocycles. The van der Waals surface area contributed by atoms with Crippen LogP contribution in [0.1, 0.15) is 45.6 Å². The Kier molecular flexibility index (Phi) is 6.58. The summed E-state index contributed by atoms with van der Waals surface area (Å²) < 4.78 is 11.8. The van der Waals surface area contributed by atoms with Crippen LogP contribution in [0.5, 0.6) is 0 Å². The van der Waals surface area contributed by atoms with Gasteiger partial charge in [0.2, 0.25) is 8.32 Å². The van der Waals surface area contributed by atoms with Crippen LogP contribution >= 0.6 is 11.6 Å². The maximum absolute atomic E-state index is 12.2. The minimum atomic E-state index is -1.87. The number of amides is 1. The van der Waals surface area contributed by atoms with Gasteiger partial charge in [-0.1, -0.05) is 29.8 Å². The topological polar surface area (TPSA) is 47.9 Å². The Morgan fingerprint density at radius 3 is 2.52 bits per heavy atom. The summed E-state index contributed by atoms with van der Waals surface area (Å²) in [4.78, 5) is 16.4.